The number of alkyl halides is 3. The molecule has 3 heterocycles. The van der Waals surface area contributed by atoms with E-state index in [1.54, 1.807) is 24.8 Å². The van der Waals surface area contributed by atoms with Gasteiger partial charge in [-0.1, -0.05) is 18.1 Å². The van der Waals surface area contributed by atoms with E-state index >= 15 is 0 Å². The van der Waals surface area contributed by atoms with Crippen LogP contribution in [0.15, 0.2) is 55.2 Å². The Kier molecular flexibility index (Phi) is 6.05. The standard InChI is InChI=1S/C25H21F3N4O/c1-17-3-4-19(11-21(33)7-9-25(26,27)28)12-22(17)23-15-30-24-13-18(8-10-32(23)24)5-6-20-14-29-16-31(20)2/h3-4,8,10,12-16H,7,9,11H2,1-2H3. The number of aryl methyl sites for hydroxylation is 2. The van der Waals surface area contributed by atoms with Crippen LogP contribution in [0.25, 0.3) is 16.9 Å². The quantitative estimate of drug-likeness (QED) is 0.407. The van der Waals surface area contributed by atoms with Crippen molar-refractivity contribution in [3.05, 3.63) is 77.6 Å². The van der Waals surface area contributed by atoms with Gasteiger partial charge in [0.05, 0.1) is 30.8 Å². The monoisotopic (exact) mass is 450 g/mol. The predicted octanol–water partition coefficient (Wildman–Crippen LogP) is 4.90. The number of hydrogen-bond acceptors (Lipinski definition) is 3. The van der Waals surface area contributed by atoms with Gasteiger partial charge < -0.3 is 4.57 Å². The second kappa shape index (κ2) is 8.94. The van der Waals surface area contributed by atoms with Crippen molar-refractivity contribution in [2.45, 2.75) is 32.4 Å². The highest BCUT2D eigenvalue weighted by molar-refractivity contribution is 5.81. The molecule has 33 heavy (non-hydrogen) atoms. The first kappa shape index (κ1) is 22.3. The number of halogens is 3. The molecule has 0 bridgehead atoms. The van der Waals surface area contributed by atoms with E-state index in [4.69, 9.17) is 0 Å². The van der Waals surface area contributed by atoms with E-state index in [0.717, 1.165) is 28.1 Å². The van der Waals surface area contributed by atoms with Crippen molar-refractivity contribution >= 4 is 11.4 Å². The highest BCUT2D eigenvalue weighted by Gasteiger charge is 2.27. The lowest BCUT2D eigenvalue weighted by atomic mass is 9.98. The van der Waals surface area contributed by atoms with Crippen molar-refractivity contribution in [3.8, 4) is 23.1 Å². The summed E-state index contributed by atoms with van der Waals surface area (Å²) >= 11 is 0. The van der Waals surface area contributed by atoms with Crippen LogP contribution in [-0.4, -0.2) is 30.9 Å². The van der Waals surface area contributed by atoms with E-state index < -0.39 is 24.8 Å². The van der Waals surface area contributed by atoms with Crippen molar-refractivity contribution in [1.82, 2.24) is 18.9 Å². The number of Topliss-reactive ketones (excluding diaryl/α,β-unsaturated/α-hetero) is 1. The molecule has 3 aromatic heterocycles. The maximum atomic E-state index is 12.4. The number of carbonyl (C=O) groups is 1. The molecular weight excluding hydrogens is 429 g/mol. The number of carbonyl (C=O) groups excluding carboxylic acids is 1. The summed E-state index contributed by atoms with van der Waals surface area (Å²) in [7, 11) is 1.88. The Morgan fingerprint density at radius 2 is 1.94 bits per heavy atom. The molecule has 0 saturated carbocycles. The minimum Gasteiger partial charge on any atom is -0.327 e. The minimum atomic E-state index is -4.33. The number of fused-ring (bicyclic) bond motifs is 1. The Morgan fingerprint density at radius 3 is 2.67 bits per heavy atom. The number of aromatic nitrogens is 4. The zero-order valence-corrected chi connectivity index (χ0v) is 18.1. The Labute approximate surface area is 188 Å². The number of rotatable bonds is 5. The van der Waals surface area contributed by atoms with E-state index in [1.165, 1.54) is 0 Å². The predicted molar refractivity (Wildman–Crippen MR) is 119 cm³/mol. The van der Waals surface area contributed by atoms with E-state index in [9.17, 15) is 18.0 Å². The first-order valence-electron chi connectivity index (χ1n) is 10.3. The van der Waals surface area contributed by atoms with Gasteiger partial charge in [-0.05, 0) is 42.2 Å². The molecule has 0 aliphatic heterocycles. The van der Waals surface area contributed by atoms with Gasteiger partial charge >= 0.3 is 6.18 Å². The lowest BCUT2D eigenvalue weighted by Gasteiger charge is -2.10. The van der Waals surface area contributed by atoms with Crippen molar-refractivity contribution < 1.29 is 18.0 Å². The van der Waals surface area contributed by atoms with Gasteiger partial charge in [-0.15, -0.1) is 0 Å². The molecule has 8 heteroatoms. The molecule has 0 unspecified atom stereocenters. The molecule has 0 fully saturated rings. The van der Waals surface area contributed by atoms with E-state index in [-0.39, 0.29) is 6.42 Å². The number of imidazole rings is 2. The fraction of sp³-hybridized carbons (Fsp3) is 0.240. The van der Waals surface area contributed by atoms with E-state index in [2.05, 4.69) is 21.8 Å². The molecule has 0 spiro atoms. The third-order valence-electron chi connectivity index (χ3n) is 5.33. The first-order chi connectivity index (χ1) is 15.7. The highest BCUT2D eigenvalue weighted by Crippen LogP contribution is 2.27. The number of ketones is 1. The third-order valence-corrected chi connectivity index (χ3v) is 5.33. The summed E-state index contributed by atoms with van der Waals surface area (Å²) < 4.78 is 41.0. The average Bonchev–Trinajstić information content (AvgIpc) is 3.37. The second-order valence-electron chi connectivity index (χ2n) is 7.91. The smallest absolute Gasteiger partial charge is 0.327 e. The van der Waals surface area contributed by atoms with Crippen LogP contribution in [0, 0.1) is 18.8 Å². The molecular formula is C25H21F3N4O. The molecule has 0 aliphatic carbocycles. The number of benzene rings is 1. The number of hydrogen-bond donors (Lipinski definition) is 0. The number of pyridine rings is 1. The molecule has 0 amide bonds. The second-order valence-corrected chi connectivity index (χ2v) is 7.91. The molecule has 0 radical (unpaired) electrons. The molecule has 4 rings (SSSR count). The van der Waals surface area contributed by atoms with Gasteiger partial charge in [0.15, 0.2) is 0 Å². The van der Waals surface area contributed by atoms with Crippen LogP contribution in [0.1, 0.15) is 35.2 Å². The molecule has 0 saturated heterocycles. The van der Waals surface area contributed by atoms with Gasteiger partial charge in [0, 0.05) is 37.2 Å². The minimum absolute atomic E-state index is 0.0339. The van der Waals surface area contributed by atoms with Gasteiger partial charge in [-0.25, -0.2) is 9.97 Å². The molecule has 0 atom stereocenters. The van der Waals surface area contributed by atoms with Crippen LogP contribution < -0.4 is 0 Å². The summed E-state index contributed by atoms with van der Waals surface area (Å²) in [4.78, 5) is 20.6. The van der Waals surface area contributed by atoms with Crippen LogP contribution in [0.2, 0.25) is 0 Å². The molecule has 168 valence electrons. The molecule has 0 aliphatic rings. The lowest BCUT2D eigenvalue weighted by Crippen LogP contribution is -2.12. The zero-order valence-electron chi connectivity index (χ0n) is 18.1. The number of nitrogens with zero attached hydrogens (tertiary/aromatic N) is 4. The van der Waals surface area contributed by atoms with E-state index in [1.807, 2.05) is 53.4 Å². The molecule has 0 N–H and O–H groups in total. The van der Waals surface area contributed by atoms with Crippen LogP contribution in [-0.2, 0) is 18.3 Å². The van der Waals surface area contributed by atoms with Crippen LogP contribution in [0.3, 0.4) is 0 Å². The average molecular weight is 450 g/mol. The van der Waals surface area contributed by atoms with Crippen LogP contribution >= 0.6 is 0 Å². The fourth-order valence-electron chi connectivity index (χ4n) is 3.52. The summed E-state index contributed by atoms with van der Waals surface area (Å²) in [5, 5.41) is 0. The van der Waals surface area contributed by atoms with E-state index in [0.29, 0.717) is 11.2 Å². The zero-order chi connectivity index (χ0) is 23.6. The molecule has 4 aromatic rings. The summed E-state index contributed by atoms with van der Waals surface area (Å²) in [6.45, 7) is 1.94. The summed E-state index contributed by atoms with van der Waals surface area (Å²) in [5.74, 6) is 5.76. The Hall–Kier alpha value is -3.86. The van der Waals surface area contributed by atoms with Gasteiger partial charge in [-0.3, -0.25) is 9.20 Å². The molecule has 1 aromatic carbocycles. The summed E-state index contributed by atoms with van der Waals surface area (Å²) in [6.07, 6.45) is 1.04. The van der Waals surface area contributed by atoms with Crippen molar-refractivity contribution in [2.24, 2.45) is 7.05 Å². The normalized spacial score (nSPS) is 11.4. The Morgan fingerprint density at radius 1 is 1.12 bits per heavy atom. The van der Waals surface area contributed by atoms with Gasteiger partial charge in [-0.2, -0.15) is 13.2 Å². The van der Waals surface area contributed by atoms with Gasteiger partial charge in [0.1, 0.15) is 17.1 Å². The highest BCUT2D eigenvalue weighted by atomic mass is 19.4. The topological polar surface area (TPSA) is 52.2 Å². The Balaban J connectivity index is 1.58. The van der Waals surface area contributed by atoms with Crippen LogP contribution in [0.5, 0.6) is 0 Å². The Bertz CT molecular complexity index is 1390. The van der Waals surface area contributed by atoms with Crippen molar-refractivity contribution in [3.63, 3.8) is 0 Å². The summed E-state index contributed by atoms with van der Waals surface area (Å²) in [6, 6.07) is 9.27. The third kappa shape index (κ3) is 5.32. The fourth-order valence-corrected chi connectivity index (χ4v) is 3.52. The van der Waals surface area contributed by atoms with Crippen LogP contribution in [0.4, 0.5) is 13.2 Å². The van der Waals surface area contributed by atoms with Crippen molar-refractivity contribution in [1.29, 1.82) is 0 Å². The first-order valence-corrected chi connectivity index (χ1v) is 10.3. The lowest BCUT2D eigenvalue weighted by molar-refractivity contribution is -0.143. The van der Waals surface area contributed by atoms with Crippen molar-refractivity contribution in [2.75, 3.05) is 0 Å². The maximum Gasteiger partial charge on any atom is 0.389 e. The summed E-state index contributed by atoms with van der Waals surface area (Å²) in [5.41, 5.74) is 5.68. The maximum absolute atomic E-state index is 12.4. The van der Waals surface area contributed by atoms with Gasteiger partial charge in [0.25, 0.3) is 0 Å². The SMILES string of the molecule is Cc1ccc(CC(=O)CCC(F)(F)F)cc1-c1cnc2cc(C#Cc3cncn3C)ccn12. The largest absolute Gasteiger partial charge is 0.389 e. The van der Waals surface area contributed by atoms with Gasteiger partial charge in [0.2, 0.25) is 0 Å². The molecule has 5 nitrogen and oxygen atoms in total.